The van der Waals surface area contributed by atoms with E-state index in [-0.39, 0.29) is 5.91 Å². The number of benzene rings is 1. The van der Waals surface area contributed by atoms with E-state index in [1.165, 1.54) is 18.2 Å². The average Bonchev–Trinajstić information content (AvgIpc) is 3.07. The van der Waals surface area contributed by atoms with Crippen LogP contribution in [0.15, 0.2) is 35.7 Å². The van der Waals surface area contributed by atoms with Crippen LogP contribution in [0, 0.1) is 11.8 Å². The summed E-state index contributed by atoms with van der Waals surface area (Å²) in [5.74, 6) is 2.54. The molecule has 0 radical (unpaired) electrons. The van der Waals surface area contributed by atoms with Crippen molar-refractivity contribution in [3.8, 4) is 11.4 Å². The zero-order valence-electron chi connectivity index (χ0n) is 17.2. The van der Waals surface area contributed by atoms with Gasteiger partial charge in [0.25, 0.3) is 0 Å². The lowest BCUT2D eigenvalue weighted by Crippen LogP contribution is -2.43. The number of methoxy groups -OCH3 is 1. The van der Waals surface area contributed by atoms with Gasteiger partial charge in [0.1, 0.15) is 12.1 Å². The molecule has 0 bridgehead atoms. The second-order valence-corrected chi connectivity index (χ2v) is 8.78. The minimum Gasteiger partial charge on any atom is -0.497 e. The number of hydrogen-bond donors (Lipinski definition) is 0. The fourth-order valence-electron chi connectivity index (χ4n) is 3.74. The van der Waals surface area contributed by atoms with Gasteiger partial charge in [0.2, 0.25) is 5.91 Å². The zero-order valence-corrected chi connectivity index (χ0v) is 18.0. The van der Waals surface area contributed by atoms with Crippen molar-refractivity contribution < 1.29 is 9.53 Å². The highest BCUT2D eigenvalue weighted by Crippen LogP contribution is 2.28. The second-order valence-electron chi connectivity index (χ2n) is 7.84. The summed E-state index contributed by atoms with van der Waals surface area (Å²) in [4.78, 5) is 15.1. The number of aromatic nitrogens is 3. The van der Waals surface area contributed by atoms with Crippen LogP contribution in [-0.4, -0.2) is 51.0 Å². The minimum atomic E-state index is 0.196. The molecule has 1 aliphatic rings. The maximum Gasteiger partial charge on any atom is 0.233 e. The molecule has 1 aromatic heterocycles. The first-order valence-electron chi connectivity index (χ1n) is 9.96. The molecule has 2 unspecified atom stereocenters. The normalized spacial score (nSPS) is 20.2. The molecular formula is C21H30N4O2S. The molecule has 2 aromatic rings. The van der Waals surface area contributed by atoms with Gasteiger partial charge in [-0.05, 0) is 55.4 Å². The van der Waals surface area contributed by atoms with Crippen molar-refractivity contribution in [3.63, 3.8) is 0 Å². The van der Waals surface area contributed by atoms with Gasteiger partial charge < -0.3 is 9.64 Å². The van der Waals surface area contributed by atoms with Gasteiger partial charge in [0.05, 0.1) is 12.9 Å². The van der Waals surface area contributed by atoms with Crippen LogP contribution in [0.1, 0.15) is 40.0 Å². The van der Waals surface area contributed by atoms with Crippen molar-refractivity contribution in [1.82, 2.24) is 19.7 Å². The molecule has 0 N–H and O–H groups in total. The predicted octanol–water partition coefficient (Wildman–Crippen LogP) is 4.04. The molecule has 0 saturated carbocycles. The summed E-state index contributed by atoms with van der Waals surface area (Å²) in [6.07, 6.45) is 5.06. The van der Waals surface area contributed by atoms with E-state index in [1.54, 1.807) is 13.4 Å². The van der Waals surface area contributed by atoms with Crippen molar-refractivity contribution in [2.45, 2.75) is 51.2 Å². The fraction of sp³-hybridized carbons (Fsp3) is 0.571. The Hall–Kier alpha value is -2.02. The Morgan fingerprint density at radius 2 is 2.00 bits per heavy atom. The van der Waals surface area contributed by atoms with Crippen LogP contribution in [0.2, 0.25) is 0 Å². The van der Waals surface area contributed by atoms with Gasteiger partial charge in [-0.15, -0.1) is 10.2 Å². The summed E-state index contributed by atoms with van der Waals surface area (Å²) in [6, 6.07) is 8.05. The van der Waals surface area contributed by atoms with Gasteiger partial charge in [-0.1, -0.05) is 32.5 Å². The summed E-state index contributed by atoms with van der Waals surface area (Å²) in [7, 11) is 1.65. The van der Waals surface area contributed by atoms with Crippen molar-refractivity contribution in [3.05, 3.63) is 30.6 Å². The quantitative estimate of drug-likeness (QED) is 0.683. The molecule has 3 rings (SSSR count). The number of likely N-dealkylation sites (tertiary alicyclic amines) is 1. The Morgan fingerprint density at radius 3 is 2.68 bits per heavy atom. The number of carbonyl (C=O) groups excluding carboxylic acids is 1. The maximum absolute atomic E-state index is 13.0. The van der Waals surface area contributed by atoms with E-state index in [9.17, 15) is 4.79 Å². The molecule has 2 atom stereocenters. The number of hydrogen-bond acceptors (Lipinski definition) is 5. The van der Waals surface area contributed by atoms with Gasteiger partial charge >= 0.3 is 0 Å². The molecule has 152 valence electrons. The topological polar surface area (TPSA) is 60.2 Å². The minimum absolute atomic E-state index is 0.196. The van der Waals surface area contributed by atoms with Crippen LogP contribution in [0.4, 0.5) is 0 Å². The first-order valence-corrected chi connectivity index (χ1v) is 10.9. The average molecular weight is 403 g/mol. The summed E-state index contributed by atoms with van der Waals surface area (Å²) in [6.45, 7) is 7.58. The smallest absolute Gasteiger partial charge is 0.233 e. The fourth-order valence-corrected chi connectivity index (χ4v) is 4.55. The number of nitrogens with zero attached hydrogens (tertiary/aromatic N) is 4. The molecule has 1 saturated heterocycles. The third-order valence-corrected chi connectivity index (χ3v) is 6.43. The van der Waals surface area contributed by atoms with Gasteiger partial charge in [0.15, 0.2) is 5.16 Å². The van der Waals surface area contributed by atoms with Crippen molar-refractivity contribution in [1.29, 1.82) is 0 Å². The number of carbonyl (C=O) groups is 1. The second kappa shape index (κ2) is 9.45. The SMILES string of the molecule is COc1ccc(-n2cnnc2SCC(=O)N2CCC(C)CCC2C(C)C)cc1. The number of amides is 1. The molecule has 6 nitrogen and oxygen atoms in total. The Balaban J connectivity index is 1.68. The van der Waals surface area contributed by atoms with E-state index >= 15 is 0 Å². The van der Waals surface area contributed by atoms with Crippen LogP contribution in [0.3, 0.4) is 0 Å². The first-order chi connectivity index (χ1) is 13.5. The van der Waals surface area contributed by atoms with Gasteiger partial charge in [-0.2, -0.15) is 0 Å². The Morgan fingerprint density at radius 1 is 1.25 bits per heavy atom. The van der Waals surface area contributed by atoms with Crippen LogP contribution in [0.25, 0.3) is 5.69 Å². The third-order valence-electron chi connectivity index (χ3n) is 5.50. The number of rotatable bonds is 6. The summed E-state index contributed by atoms with van der Waals surface area (Å²) in [5, 5.41) is 8.97. The lowest BCUT2D eigenvalue weighted by atomic mass is 9.95. The van der Waals surface area contributed by atoms with Gasteiger partial charge in [-0.3, -0.25) is 9.36 Å². The molecule has 1 aromatic carbocycles. The maximum atomic E-state index is 13.0. The summed E-state index contributed by atoms with van der Waals surface area (Å²) < 4.78 is 7.12. The number of ether oxygens (including phenoxy) is 1. The van der Waals surface area contributed by atoms with Gasteiger partial charge in [0, 0.05) is 18.3 Å². The van der Waals surface area contributed by atoms with E-state index in [0.717, 1.165) is 36.0 Å². The molecule has 7 heteroatoms. The zero-order chi connectivity index (χ0) is 20.1. The Bertz CT molecular complexity index is 775. The van der Waals surface area contributed by atoms with Crippen LogP contribution >= 0.6 is 11.8 Å². The number of thioether (sulfide) groups is 1. The van der Waals surface area contributed by atoms with Crippen LogP contribution in [-0.2, 0) is 4.79 Å². The molecule has 0 aliphatic carbocycles. The van der Waals surface area contributed by atoms with Gasteiger partial charge in [-0.25, -0.2) is 0 Å². The lowest BCUT2D eigenvalue weighted by Gasteiger charge is -2.33. The standard InChI is InChI=1S/C21H30N4O2S/c1-15(2)19-10-5-16(3)11-12-24(19)20(26)13-28-21-23-22-14-25(21)17-6-8-18(27-4)9-7-17/h6-9,14-16,19H,5,10-13H2,1-4H3. The summed E-state index contributed by atoms with van der Waals surface area (Å²) >= 11 is 1.45. The monoisotopic (exact) mass is 402 g/mol. The molecule has 1 aliphatic heterocycles. The van der Waals surface area contributed by atoms with E-state index in [4.69, 9.17) is 4.74 Å². The predicted molar refractivity (Wildman–Crippen MR) is 112 cm³/mol. The Kier molecular flexibility index (Phi) is 6.99. The van der Waals surface area contributed by atoms with Crippen LogP contribution in [0.5, 0.6) is 5.75 Å². The van der Waals surface area contributed by atoms with Crippen molar-refractivity contribution >= 4 is 17.7 Å². The molecule has 28 heavy (non-hydrogen) atoms. The largest absolute Gasteiger partial charge is 0.497 e. The van der Waals surface area contributed by atoms with Crippen molar-refractivity contribution in [2.24, 2.45) is 11.8 Å². The van der Waals surface area contributed by atoms with Crippen LogP contribution < -0.4 is 4.74 Å². The highest BCUT2D eigenvalue weighted by atomic mass is 32.2. The Labute approximate surface area is 171 Å². The van der Waals surface area contributed by atoms with E-state index in [1.807, 2.05) is 28.8 Å². The van der Waals surface area contributed by atoms with Crippen molar-refractivity contribution in [2.75, 3.05) is 19.4 Å². The highest BCUT2D eigenvalue weighted by Gasteiger charge is 2.29. The van der Waals surface area contributed by atoms with E-state index in [2.05, 4.69) is 35.9 Å². The molecule has 0 spiro atoms. The molecule has 2 heterocycles. The highest BCUT2D eigenvalue weighted by molar-refractivity contribution is 7.99. The molecule has 1 fully saturated rings. The van der Waals surface area contributed by atoms with E-state index in [0.29, 0.717) is 23.6 Å². The summed E-state index contributed by atoms with van der Waals surface area (Å²) in [5.41, 5.74) is 0.949. The molecule has 1 amide bonds. The van der Waals surface area contributed by atoms with E-state index < -0.39 is 0 Å². The molecular weight excluding hydrogens is 372 g/mol. The first kappa shape index (κ1) is 20.7. The lowest BCUT2D eigenvalue weighted by molar-refractivity contribution is -0.131. The third kappa shape index (κ3) is 4.87.